The summed E-state index contributed by atoms with van der Waals surface area (Å²) in [4.78, 5) is 27.6. The molecule has 188 valence electrons. The van der Waals surface area contributed by atoms with E-state index in [9.17, 15) is 18.0 Å². The van der Waals surface area contributed by atoms with Crippen LogP contribution >= 0.6 is 0 Å². The Hall–Kier alpha value is -2.87. The lowest BCUT2D eigenvalue weighted by Crippen LogP contribution is -2.46. The first-order valence-electron chi connectivity index (χ1n) is 12.5. The van der Waals surface area contributed by atoms with E-state index in [4.69, 9.17) is 0 Å². The maximum absolute atomic E-state index is 13.0. The van der Waals surface area contributed by atoms with Gasteiger partial charge in [0.1, 0.15) is 0 Å². The summed E-state index contributed by atoms with van der Waals surface area (Å²) >= 11 is 0. The highest BCUT2D eigenvalue weighted by Gasteiger charge is 2.29. The molecule has 1 saturated carbocycles. The van der Waals surface area contributed by atoms with Gasteiger partial charge in [0, 0.05) is 36.3 Å². The Kier molecular flexibility index (Phi) is 7.79. The summed E-state index contributed by atoms with van der Waals surface area (Å²) in [6, 6.07) is 13.4. The van der Waals surface area contributed by atoms with Gasteiger partial charge in [-0.1, -0.05) is 24.6 Å². The summed E-state index contributed by atoms with van der Waals surface area (Å²) in [5.41, 5.74) is 1.88. The number of hydrogen-bond acceptors (Lipinski definition) is 4. The molecule has 1 aliphatic heterocycles. The zero-order valence-corrected chi connectivity index (χ0v) is 21.3. The van der Waals surface area contributed by atoms with Crippen molar-refractivity contribution in [2.45, 2.75) is 63.3 Å². The Bertz CT molecular complexity index is 1130. The molecule has 2 aliphatic rings. The van der Waals surface area contributed by atoms with Gasteiger partial charge in [-0.25, -0.2) is 8.42 Å². The fourth-order valence-electron chi connectivity index (χ4n) is 4.86. The van der Waals surface area contributed by atoms with E-state index < -0.39 is 10.0 Å². The molecule has 35 heavy (non-hydrogen) atoms. The second-order valence-electron chi connectivity index (χ2n) is 10.0. The van der Waals surface area contributed by atoms with Gasteiger partial charge in [0.05, 0.1) is 4.90 Å². The number of hydrogen-bond donors (Lipinski definition) is 2. The van der Waals surface area contributed by atoms with E-state index in [-0.39, 0.29) is 22.6 Å². The van der Waals surface area contributed by atoms with E-state index in [2.05, 4.69) is 17.0 Å². The van der Waals surface area contributed by atoms with Crippen LogP contribution in [0.3, 0.4) is 0 Å². The molecule has 0 spiro atoms. The van der Waals surface area contributed by atoms with Gasteiger partial charge in [-0.3, -0.25) is 14.3 Å². The van der Waals surface area contributed by atoms with Crippen LogP contribution in [0, 0.1) is 18.8 Å². The third-order valence-corrected chi connectivity index (χ3v) is 8.63. The summed E-state index contributed by atoms with van der Waals surface area (Å²) in [5, 5.41) is 3.23. The molecule has 0 unspecified atom stereocenters. The molecule has 2 fully saturated rings. The number of anilines is 1. The largest absolute Gasteiger partial charge is 0.353 e. The quantitative estimate of drug-likeness (QED) is 0.621. The van der Waals surface area contributed by atoms with Crippen LogP contribution in [-0.2, 0) is 14.8 Å². The predicted molar refractivity (Wildman–Crippen MR) is 137 cm³/mol. The third-order valence-electron chi connectivity index (χ3n) is 7.23. The summed E-state index contributed by atoms with van der Waals surface area (Å²) in [5.74, 6) is 0.733. The number of carbonyl (C=O) groups excluding carboxylic acids is 2. The number of sulfonamides is 1. The Balaban J connectivity index is 1.28. The van der Waals surface area contributed by atoms with Crippen LogP contribution in [0.25, 0.3) is 0 Å². The summed E-state index contributed by atoms with van der Waals surface area (Å²) in [6.45, 7) is 5.25. The summed E-state index contributed by atoms with van der Waals surface area (Å²) < 4.78 is 27.7. The lowest BCUT2D eigenvalue weighted by Gasteiger charge is -2.33. The first-order valence-corrected chi connectivity index (χ1v) is 14.0. The van der Waals surface area contributed by atoms with Crippen LogP contribution in [0.5, 0.6) is 0 Å². The van der Waals surface area contributed by atoms with E-state index in [0.29, 0.717) is 43.2 Å². The van der Waals surface area contributed by atoms with E-state index in [1.807, 2.05) is 6.92 Å². The van der Waals surface area contributed by atoms with Crippen LogP contribution in [0.4, 0.5) is 5.69 Å². The first kappa shape index (κ1) is 25.2. The van der Waals surface area contributed by atoms with E-state index in [1.165, 1.54) is 12.8 Å². The van der Waals surface area contributed by atoms with Crippen molar-refractivity contribution in [2.24, 2.45) is 11.8 Å². The Morgan fingerprint density at radius 2 is 1.46 bits per heavy atom. The predicted octanol–water partition coefficient (Wildman–Crippen LogP) is 4.34. The molecule has 7 nitrogen and oxygen atoms in total. The normalized spacial score (nSPS) is 21.4. The number of likely N-dealkylation sites (tertiary alicyclic amines) is 1. The lowest BCUT2D eigenvalue weighted by atomic mass is 9.86. The average molecular weight is 498 g/mol. The van der Waals surface area contributed by atoms with Gasteiger partial charge >= 0.3 is 0 Å². The smallest absolute Gasteiger partial charge is 0.261 e. The monoisotopic (exact) mass is 497 g/mol. The van der Waals surface area contributed by atoms with Gasteiger partial charge < -0.3 is 10.2 Å². The van der Waals surface area contributed by atoms with E-state index in [0.717, 1.165) is 24.3 Å². The van der Waals surface area contributed by atoms with Gasteiger partial charge in [0.15, 0.2) is 0 Å². The molecule has 2 aromatic rings. The fourth-order valence-corrected chi connectivity index (χ4v) is 5.92. The lowest BCUT2D eigenvalue weighted by molar-refractivity contribution is -0.127. The third kappa shape index (κ3) is 6.42. The number of piperidine rings is 1. The standard InChI is InChI=1S/C27H35N3O4S/c1-19-3-9-23(10-4-19)28-26(31)21-15-17-30(18-16-21)27(32)22-7-11-24(12-8-22)29-35(33,34)25-13-5-20(2)6-14-25/h5-8,11-14,19,21,23,29H,3-4,9-10,15-18H2,1-2H3,(H,28,31). The second kappa shape index (κ2) is 10.8. The van der Waals surface area contributed by atoms with Gasteiger partial charge in [0.2, 0.25) is 5.91 Å². The number of benzene rings is 2. The maximum atomic E-state index is 13.0. The molecular formula is C27H35N3O4S. The van der Waals surface area contributed by atoms with Gasteiger partial charge in [-0.15, -0.1) is 0 Å². The highest BCUT2D eigenvalue weighted by molar-refractivity contribution is 7.92. The zero-order chi connectivity index (χ0) is 25.0. The molecular weight excluding hydrogens is 462 g/mol. The van der Waals surface area contributed by atoms with Crippen molar-refractivity contribution in [1.82, 2.24) is 10.2 Å². The minimum atomic E-state index is -3.69. The van der Waals surface area contributed by atoms with Crippen molar-refractivity contribution in [3.63, 3.8) is 0 Å². The van der Waals surface area contributed by atoms with Gasteiger partial charge in [-0.05, 0) is 87.8 Å². The Labute approximate surface area is 208 Å². The molecule has 0 bridgehead atoms. The molecule has 8 heteroatoms. The van der Waals surface area contributed by atoms with Crippen LogP contribution in [0.15, 0.2) is 53.4 Å². The summed E-state index contributed by atoms with van der Waals surface area (Å²) in [7, 11) is -3.69. The van der Waals surface area contributed by atoms with Crippen LogP contribution in [0.1, 0.15) is 61.4 Å². The minimum absolute atomic E-state index is 0.0445. The minimum Gasteiger partial charge on any atom is -0.353 e. The topological polar surface area (TPSA) is 95.6 Å². The molecule has 2 aromatic carbocycles. The second-order valence-corrected chi connectivity index (χ2v) is 11.7. The van der Waals surface area contributed by atoms with Crippen molar-refractivity contribution in [2.75, 3.05) is 17.8 Å². The SMILES string of the molecule is Cc1ccc(S(=O)(=O)Nc2ccc(C(=O)N3CCC(C(=O)NC4CCC(C)CC4)CC3)cc2)cc1. The molecule has 0 aromatic heterocycles. The van der Waals surface area contributed by atoms with Crippen molar-refractivity contribution in [1.29, 1.82) is 0 Å². The molecule has 0 atom stereocenters. The van der Waals surface area contributed by atoms with Crippen LogP contribution in [0.2, 0.25) is 0 Å². The number of amides is 2. The van der Waals surface area contributed by atoms with Gasteiger partial charge in [0.25, 0.3) is 15.9 Å². The van der Waals surface area contributed by atoms with Crippen LogP contribution < -0.4 is 10.0 Å². The fraction of sp³-hybridized carbons (Fsp3) is 0.481. The highest BCUT2D eigenvalue weighted by atomic mass is 32.2. The van der Waals surface area contributed by atoms with Crippen molar-refractivity contribution >= 4 is 27.5 Å². The van der Waals surface area contributed by atoms with Gasteiger partial charge in [-0.2, -0.15) is 0 Å². The Morgan fingerprint density at radius 3 is 2.06 bits per heavy atom. The molecule has 0 radical (unpaired) electrons. The number of nitrogens with zero attached hydrogens (tertiary/aromatic N) is 1. The highest BCUT2D eigenvalue weighted by Crippen LogP contribution is 2.25. The number of rotatable bonds is 6. The van der Waals surface area contributed by atoms with Crippen LogP contribution in [-0.4, -0.2) is 44.3 Å². The summed E-state index contributed by atoms with van der Waals surface area (Å²) in [6.07, 6.45) is 5.78. The Morgan fingerprint density at radius 1 is 0.857 bits per heavy atom. The number of aryl methyl sites for hydroxylation is 1. The van der Waals surface area contributed by atoms with E-state index in [1.54, 1.807) is 53.4 Å². The number of carbonyl (C=O) groups is 2. The van der Waals surface area contributed by atoms with Crippen molar-refractivity contribution in [3.8, 4) is 0 Å². The number of nitrogens with one attached hydrogen (secondary N) is 2. The average Bonchev–Trinajstić information content (AvgIpc) is 2.85. The van der Waals surface area contributed by atoms with E-state index >= 15 is 0 Å². The molecule has 1 saturated heterocycles. The molecule has 1 heterocycles. The maximum Gasteiger partial charge on any atom is 0.261 e. The first-order chi connectivity index (χ1) is 16.7. The molecule has 2 amide bonds. The van der Waals surface area contributed by atoms with Crippen molar-refractivity contribution in [3.05, 3.63) is 59.7 Å². The molecule has 1 aliphatic carbocycles. The molecule has 2 N–H and O–H groups in total. The molecule has 4 rings (SSSR count). The zero-order valence-electron chi connectivity index (χ0n) is 20.5. The van der Waals surface area contributed by atoms with Crippen molar-refractivity contribution < 1.29 is 18.0 Å².